The lowest BCUT2D eigenvalue weighted by molar-refractivity contribution is -0.509. The Morgan fingerprint density at radius 2 is 1.74 bits per heavy atom. The van der Waals surface area contributed by atoms with E-state index in [1.54, 1.807) is 0 Å². The lowest BCUT2D eigenvalue weighted by Gasteiger charge is -2.34. The lowest BCUT2D eigenvalue weighted by Crippen LogP contribution is -2.73. The second-order valence-corrected chi connectivity index (χ2v) is 9.79. The van der Waals surface area contributed by atoms with E-state index in [2.05, 4.69) is 70.2 Å². The van der Waals surface area contributed by atoms with Crippen LogP contribution in [-0.4, -0.2) is 39.3 Å². The minimum absolute atomic E-state index is 0.0682. The van der Waals surface area contributed by atoms with Crippen molar-refractivity contribution in [3.05, 3.63) is 72.4 Å². The Hall–Kier alpha value is -3.35. The molecule has 4 N–H and O–H groups in total. The Balaban J connectivity index is 1.46. The summed E-state index contributed by atoms with van der Waals surface area (Å²) in [5, 5.41) is 11.0. The van der Waals surface area contributed by atoms with Crippen LogP contribution in [0, 0.1) is 0 Å². The zero-order chi connectivity index (χ0) is 23.1. The van der Waals surface area contributed by atoms with Gasteiger partial charge < -0.3 is 15.7 Å². The van der Waals surface area contributed by atoms with Crippen molar-refractivity contribution in [3.63, 3.8) is 0 Å². The molecule has 1 unspecified atom stereocenters. The number of benzene rings is 2. The average Bonchev–Trinajstić information content (AvgIpc) is 2.87. The van der Waals surface area contributed by atoms with Crippen molar-refractivity contribution in [2.75, 3.05) is 18.0 Å². The van der Waals surface area contributed by atoms with Crippen LogP contribution in [-0.2, 0) is 5.54 Å². The number of aromatic nitrogens is 3. The van der Waals surface area contributed by atoms with Gasteiger partial charge in [0.05, 0.1) is 11.8 Å². The number of hydrogen-bond donors (Lipinski definition) is 2. The van der Waals surface area contributed by atoms with Gasteiger partial charge in [0.25, 0.3) is 0 Å². The van der Waals surface area contributed by atoms with E-state index in [-0.39, 0.29) is 11.6 Å². The maximum atomic E-state index is 10.1. The normalized spacial score (nSPS) is 19.7. The van der Waals surface area contributed by atoms with Crippen LogP contribution >= 0.6 is 0 Å². The van der Waals surface area contributed by atoms with E-state index in [0.29, 0.717) is 18.1 Å². The van der Waals surface area contributed by atoms with E-state index in [4.69, 9.17) is 9.97 Å². The van der Waals surface area contributed by atoms with E-state index in [0.717, 1.165) is 60.0 Å². The quantitative estimate of drug-likeness (QED) is 0.490. The third-order valence-corrected chi connectivity index (χ3v) is 7.40. The molecule has 2 aromatic carbocycles. The molecule has 1 saturated heterocycles. The standard InChI is InChI=1S/C28H29N5O/c29-28(13-5-14-28)22-11-9-20(10-12-22)25-24(19-6-2-1-3-7-19)16-21-17-30-27(32-26(21)31-25)33-15-4-8-23(34)18-33/h1-3,6-7,9-12,16-17,23,34H,4-5,8,13-15,18,29H2/p+1. The van der Waals surface area contributed by atoms with Crippen LogP contribution in [0.2, 0.25) is 0 Å². The molecule has 1 atom stereocenters. The van der Waals surface area contributed by atoms with E-state index in [9.17, 15) is 5.11 Å². The molecule has 2 aliphatic rings. The summed E-state index contributed by atoms with van der Waals surface area (Å²) in [7, 11) is 0. The van der Waals surface area contributed by atoms with Gasteiger partial charge in [0.1, 0.15) is 5.54 Å². The summed E-state index contributed by atoms with van der Waals surface area (Å²) in [5.41, 5.74) is 10.7. The summed E-state index contributed by atoms with van der Waals surface area (Å²) in [4.78, 5) is 16.6. The molecule has 0 radical (unpaired) electrons. The summed E-state index contributed by atoms with van der Waals surface area (Å²) in [5.74, 6) is 0.636. The molecule has 2 aromatic heterocycles. The molecule has 0 bridgehead atoms. The summed E-state index contributed by atoms with van der Waals surface area (Å²) in [6.45, 7) is 1.42. The molecule has 0 spiro atoms. The van der Waals surface area contributed by atoms with Gasteiger partial charge in [-0.1, -0.05) is 54.6 Å². The second-order valence-electron chi connectivity index (χ2n) is 9.79. The predicted molar refractivity (Wildman–Crippen MR) is 134 cm³/mol. The third-order valence-electron chi connectivity index (χ3n) is 7.40. The molecule has 172 valence electrons. The predicted octanol–water partition coefficient (Wildman–Crippen LogP) is 3.94. The Labute approximate surface area is 199 Å². The maximum Gasteiger partial charge on any atom is 0.227 e. The van der Waals surface area contributed by atoms with Gasteiger partial charge in [-0.2, -0.15) is 4.98 Å². The number of anilines is 1. The van der Waals surface area contributed by atoms with Gasteiger partial charge in [0, 0.05) is 54.2 Å². The lowest BCUT2D eigenvalue weighted by atomic mass is 9.72. The van der Waals surface area contributed by atoms with Crippen molar-refractivity contribution >= 4 is 17.0 Å². The summed E-state index contributed by atoms with van der Waals surface area (Å²) in [6.07, 6.45) is 6.86. The fourth-order valence-corrected chi connectivity index (χ4v) is 5.17. The topological polar surface area (TPSA) is 89.8 Å². The summed E-state index contributed by atoms with van der Waals surface area (Å²) in [6, 6.07) is 21.3. The molecular formula is C28H30N5O+. The summed E-state index contributed by atoms with van der Waals surface area (Å²) >= 11 is 0. The van der Waals surface area contributed by atoms with Crippen LogP contribution in [0.15, 0.2) is 66.9 Å². The van der Waals surface area contributed by atoms with Crippen molar-refractivity contribution in [2.24, 2.45) is 0 Å². The SMILES string of the molecule is [NH3+]C1(c2ccc(-c3nc4nc(N5CCCC(O)C5)ncc4cc3-c3ccccc3)cc2)CCC1. The zero-order valence-corrected chi connectivity index (χ0v) is 19.3. The molecule has 3 heterocycles. The van der Waals surface area contributed by atoms with E-state index < -0.39 is 0 Å². The van der Waals surface area contributed by atoms with E-state index >= 15 is 0 Å². The van der Waals surface area contributed by atoms with Crippen LogP contribution in [0.1, 0.15) is 37.7 Å². The largest absolute Gasteiger partial charge is 0.391 e. The highest BCUT2D eigenvalue weighted by atomic mass is 16.3. The molecule has 4 aromatic rings. The molecular weight excluding hydrogens is 422 g/mol. The first-order valence-electron chi connectivity index (χ1n) is 12.2. The van der Waals surface area contributed by atoms with Gasteiger partial charge in [-0.3, -0.25) is 0 Å². The molecule has 1 saturated carbocycles. The Morgan fingerprint density at radius 1 is 0.941 bits per heavy atom. The fraction of sp³-hybridized carbons (Fsp3) is 0.321. The van der Waals surface area contributed by atoms with E-state index in [1.807, 2.05) is 12.3 Å². The van der Waals surface area contributed by atoms with Gasteiger partial charge in [0.15, 0.2) is 5.65 Å². The van der Waals surface area contributed by atoms with Crippen LogP contribution in [0.5, 0.6) is 0 Å². The highest BCUT2D eigenvalue weighted by molar-refractivity contribution is 5.90. The van der Waals surface area contributed by atoms with Gasteiger partial charge in [-0.15, -0.1) is 0 Å². The molecule has 6 heteroatoms. The zero-order valence-electron chi connectivity index (χ0n) is 19.3. The minimum Gasteiger partial charge on any atom is -0.391 e. The number of pyridine rings is 1. The number of hydrogen-bond acceptors (Lipinski definition) is 5. The Kier molecular flexibility index (Phi) is 5.27. The smallest absolute Gasteiger partial charge is 0.227 e. The highest BCUT2D eigenvalue weighted by Gasteiger charge is 2.38. The van der Waals surface area contributed by atoms with Gasteiger partial charge in [-0.25, -0.2) is 9.97 Å². The van der Waals surface area contributed by atoms with Crippen LogP contribution in [0.4, 0.5) is 5.95 Å². The second kappa shape index (κ2) is 8.46. The van der Waals surface area contributed by atoms with Crippen LogP contribution in [0.25, 0.3) is 33.4 Å². The first kappa shape index (κ1) is 21.2. The van der Waals surface area contributed by atoms with Crippen molar-refractivity contribution < 1.29 is 10.8 Å². The molecule has 2 fully saturated rings. The van der Waals surface area contributed by atoms with Crippen molar-refractivity contribution in [2.45, 2.75) is 43.7 Å². The number of aliphatic hydroxyl groups excluding tert-OH is 1. The van der Waals surface area contributed by atoms with Crippen LogP contribution in [0.3, 0.4) is 0 Å². The first-order chi connectivity index (χ1) is 16.6. The average molecular weight is 453 g/mol. The van der Waals surface area contributed by atoms with Crippen molar-refractivity contribution in [1.82, 2.24) is 15.0 Å². The fourth-order valence-electron chi connectivity index (χ4n) is 5.17. The van der Waals surface area contributed by atoms with Gasteiger partial charge >= 0.3 is 0 Å². The molecule has 1 aliphatic heterocycles. The Bertz CT molecular complexity index is 1320. The van der Waals surface area contributed by atoms with Crippen LogP contribution < -0.4 is 10.6 Å². The van der Waals surface area contributed by atoms with Gasteiger partial charge in [0.2, 0.25) is 5.95 Å². The summed E-state index contributed by atoms with van der Waals surface area (Å²) < 4.78 is 0. The Morgan fingerprint density at radius 3 is 2.44 bits per heavy atom. The number of nitrogens with zero attached hydrogens (tertiary/aromatic N) is 4. The number of rotatable bonds is 4. The molecule has 6 rings (SSSR count). The molecule has 6 nitrogen and oxygen atoms in total. The molecule has 1 aliphatic carbocycles. The maximum absolute atomic E-state index is 10.1. The number of quaternary nitrogens is 1. The van der Waals surface area contributed by atoms with Gasteiger partial charge in [-0.05, 0) is 30.9 Å². The monoisotopic (exact) mass is 452 g/mol. The molecule has 0 amide bonds. The highest BCUT2D eigenvalue weighted by Crippen LogP contribution is 2.38. The molecule has 34 heavy (non-hydrogen) atoms. The van der Waals surface area contributed by atoms with E-state index in [1.165, 1.54) is 12.0 Å². The third kappa shape index (κ3) is 3.83. The minimum atomic E-state index is -0.331. The number of piperidine rings is 1. The number of β-amino-alcohol motifs (C(OH)–C–C–N with tert-alkyl or cyclic N) is 1. The number of fused-ring (bicyclic) bond motifs is 1. The number of aliphatic hydroxyl groups is 1. The first-order valence-corrected chi connectivity index (χ1v) is 12.2. The van der Waals surface area contributed by atoms with Crippen molar-refractivity contribution in [3.8, 4) is 22.4 Å². The van der Waals surface area contributed by atoms with Crippen molar-refractivity contribution in [1.29, 1.82) is 0 Å².